The van der Waals surface area contributed by atoms with Gasteiger partial charge in [-0.1, -0.05) is 0 Å². The lowest BCUT2D eigenvalue weighted by Crippen LogP contribution is -2.03. The Morgan fingerprint density at radius 1 is 1.25 bits per heavy atom. The normalized spacial score (nSPS) is 11.1. The van der Waals surface area contributed by atoms with E-state index >= 15 is 0 Å². The minimum Gasteiger partial charge on any atom is -0.392 e. The van der Waals surface area contributed by atoms with Crippen LogP contribution in [-0.4, -0.2) is 29.8 Å². The molecule has 24 heavy (non-hydrogen) atoms. The quantitative estimate of drug-likeness (QED) is 0.538. The molecule has 0 atom stereocenters. The van der Waals surface area contributed by atoms with Gasteiger partial charge >= 0.3 is 0 Å². The standard InChI is InChI=1S/C17H16N6O/c1-11-13(10-24)9-23(22-11)16-5-7-19-17(21-16)20-14-2-3-15-12(8-14)4-6-18-15/h2-9,18,24H,10H2,1H3,(H,19,20,21). The van der Waals surface area contributed by atoms with Gasteiger partial charge in [0.05, 0.1) is 12.3 Å². The van der Waals surface area contributed by atoms with Crippen molar-refractivity contribution >= 4 is 22.5 Å². The number of hydrogen-bond acceptors (Lipinski definition) is 5. The first kappa shape index (κ1) is 14.4. The molecule has 1 aromatic carbocycles. The van der Waals surface area contributed by atoms with Crippen molar-refractivity contribution in [2.24, 2.45) is 0 Å². The molecule has 4 aromatic rings. The Labute approximate surface area is 138 Å². The van der Waals surface area contributed by atoms with E-state index in [4.69, 9.17) is 0 Å². The van der Waals surface area contributed by atoms with Crippen molar-refractivity contribution in [1.82, 2.24) is 24.7 Å². The Balaban J connectivity index is 1.64. The van der Waals surface area contributed by atoms with E-state index in [1.807, 2.05) is 37.4 Å². The summed E-state index contributed by atoms with van der Waals surface area (Å²) in [5.41, 5.74) is 3.55. The van der Waals surface area contributed by atoms with E-state index < -0.39 is 0 Å². The molecule has 0 fully saturated rings. The summed E-state index contributed by atoms with van der Waals surface area (Å²) >= 11 is 0. The van der Waals surface area contributed by atoms with Crippen LogP contribution in [0, 0.1) is 6.92 Å². The molecule has 0 aliphatic heterocycles. The third-order valence-corrected chi connectivity index (χ3v) is 3.86. The Morgan fingerprint density at radius 3 is 3.00 bits per heavy atom. The predicted molar refractivity (Wildman–Crippen MR) is 91.4 cm³/mol. The zero-order valence-corrected chi connectivity index (χ0v) is 13.1. The van der Waals surface area contributed by atoms with E-state index in [-0.39, 0.29) is 6.61 Å². The van der Waals surface area contributed by atoms with Crippen LogP contribution in [0.15, 0.2) is 48.9 Å². The van der Waals surface area contributed by atoms with Crippen molar-refractivity contribution in [1.29, 1.82) is 0 Å². The fourth-order valence-corrected chi connectivity index (χ4v) is 2.57. The first-order chi connectivity index (χ1) is 11.7. The highest BCUT2D eigenvalue weighted by molar-refractivity contribution is 5.83. The summed E-state index contributed by atoms with van der Waals surface area (Å²) in [6.45, 7) is 1.81. The summed E-state index contributed by atoms with van der Waals surface area (Å²) < 4.78 is 1.64. The van der Waals surface area contributed by atoms with Crippen LogP contribution >= 0.6 is 0 Å². The maximum atomic E-state index is 9.30. The molecule has 3 heterocycles. The van der Waals surface area contributed by atoms with Crippen molar-refractivity contribution in [3.8, 4) is 5.82 Å². The van der Waals surface area contributed by atoms with Gasteiger partial charge in [-0.15, -0.1) is 0 Å². The molecule has 3 N–H and O–H groups in total. The number of benzene rings is 1. The highest BCUT2D eigenvalue weighted by Crippen LogP contribution is 2.20. The highest BCUT2D eigenvalue weighted by Gasteiger charge is 2.08. The minimum atomic E-state index is -0.0430. The number of fused-ring (bicyclic) bond motifs is 1. The largest absolute Gasteiger partial charge is 0.392 e. The average molecular weight is 320 g/mol. The second-order valence-corrected chi connectivity index (χ2v) is 5.49. The minimum absolute atomic E-state index is 0.0430. The molecule has 0 unspecified atom stereocenters. The van der Waals surface area contributed by atoms with Gasteiger partial charge in [0.25, 0.3) is 0 Å². The molecule has 0 saturated carbocycles. The van der Waals surface area contributed by atoms with E-state index in [2.05, 4.69) is 25.4 Å². The molecule has 7 nitrogen and oxygen atoms in total. The number of aromatic amines is 1. The van der Waals surface area contributed by atoms with Gasteiger partial charge in [-0.3, -0.25) is 0 Å². The molecule has 4 rings (SSSR count). The van der Waals surface area contributed by atoms with Crippen LogP contribution in [0.25, 0.3) is 16.7 Å². The summed E-state index contributed by atoms with van der Waals surface area (Å²) in [4.78, 5) is 11.9. The van der Waals surface area contributed by atoms with Crippen LogP contribution < -0.4 is 5.32 Å². The number of aromatic nitrogens is 5. The van der Waals surface area contributed by atoms with Crippen LogP contribution in [0.5, 0.6) is 0 Å². The number of anilines is 2. The van der Waals surface area contributed by atoms with E-state index in [1.165, 1.54) is 0 Å². The third-order valence-electron chi connectivity index (χ3n) is 3.86. The van der Waals surface area contributed by atoms with Gasteiger partial charge in [0.2, 0.25) is 5.95 Å². The second-order valence-electron chi connectivity index (χ2n) is 5.49. The SMILES string of the molecule is Cc1nn(-c2ccnc(Nc3ccc4[nH]ccc4c3)n2)cc1CO. The number of rotatable bonds is 4. The number of nitrogens with zero attached hydrogens (tertiary/aromatic N) is 4. The maximum Gasteiger partial charge on any atom is 0.229 e. The summed E-state index contributed by atoms with van der Waals surface area (Å²) in [5, 5.41) is 18.0. The van der Waals surface area contributed by atoms with E-state index in [9.17, 15) is 5.11 Å². The molecule has 0 amide bonds. The summed E-state index contributed by atoms with van der Waals surface area (Å²) in [6.07, 6.45) is 5.35. The Bertz CT molecular complexity index is 1000. The second kappa shape index (κ2) is 5.78. The van der Waals surface area contributed by atoms with Crippen LogP contribution in [-0.2, 0) is 6.61 Å². The summed E-state index contributed by atoms with van der Waals surface area (Å²) in [5.74, 6) is 1.12. The van der Waals surface area contributed by atoms with Crippen molar-refractivity contribution in [2.45, 2.75) is 13.5 Å². The van der Waals surface area contributed by atoms with Gasteiger partial charge in [0.1, 0.15) is 0 Å². The van der Waals surface area contributed by atoms with Crippen LogP contribution in [0.4, 0.5) is 11.6 Å². The number of aliphatic hydroxyl groups is 1. The fraction of sp³-hybridized carbons (Fsp3) is 0.118. The molecule has 0 bridgehead atoms. The number of nitrogens with one attached hydrogen (secondary N) is 2. The zero-order chi connectivity index (χ0) is 16.5. The van der Waals surface area contributed by atoms with Crippen LogP contribution in [0.3, 0.4) is 0 Å². The van der Waals surface area contributed by atoms with Crippen molar-refractivity contribution < 1.29 is 5.11 Å². The van der Waals surface area contributed by atoms with Gasteiger partial charge in [-0.05, 0) is 31.2 Å². The zero-order valence-electron chi connectivity index (χ0n) is 13.1. The molecule has 0 spiro atoms. The Hall–Kier alpha value is -3.19. The van der Waals surface area contributed by atoms with Crippen LogP contribution in [0.2, 0.25) is 0 Å². The predicted octanol–water partition coefficient (Wildman–Crippen LogP) is 2.69. The van der Waals surface area contributed by atoms with Gasteiger partial charge in [0.15, 0.2) is 5.82 Å². The lowest BCUT2D eigenvalue weighted by Gasteiger charge is -2.06. The smallest absolute Gasteiger partial charge is 0.229 e. The number of aryl methyl sites for hydroxylation is 1. The van der Waals surface area contributed by atoms with Gasteiger partial charge in [0, 0.05) is 46.8 Å². The molecule has 0 saturated heterocycles. The lowest BCUT2D eigenvalue weighted by atomic mass is 10.2. The van der Waals surface area contributed by atoms with E-state index in [1.54, 1.807) is 23.1 Å². The molecular formula is C17H16N6O. The number of H-pyrrole nitrogens is 1. The Morgan fingerprint density at radius 2 is 2.17 bits per heavy atom. The topological polar surface area (TPSA) is 91.7 Å². The lowest BCUT2D eigenvalue weighted by molar-refractivity contribution is 0.281. The average Bonchev–Trinajstić information content (AvgIpc) is 3.20. The van der Waals surface area contributed by atoms with Crippen molar-refractivity contribution in [2.75, 3.05) is 5.32 Å². The van der Waals surface area contributed by atoms with E-state index in [0.29, 0.717) is 11.8 Å². The molecule has 120 valence electrons. The van der Waals surface area contributed by atoms with Gasteiger partial charge < -0.3 is 15.4 Å². The van der Waals surface area contributed by atoms with Crippen molar-refractivity contribution in [3.63, 3.8) is 0 Å². The molecule has 3 aromatic heterocycles. The summed E-state index contributed by atoms with van der Waals surface area (Å²) in [6, 6.07) is 9.79. The van der Waals surface area contributed by atoms with Gasteiger partial charge in [-0.2, -0.15) is 10.1 Å². The fourth-order valence-electron chi connectivity index (χ4n) is 2.57. The molecule has 0 aliphatic rings. The highest BCUT2D eigenvalue weighted by atomic mass is 16.3. The molecule has 7 heteroatoms. The van der Waals surface area contributed by atoms with Gasteiger partial charge in [-0.25, -0.2) is 9.67 Å². The van der Waals surface area contributed by atoms with Crippen molar-refractivity contribution in [3.05, 3.63) is 60.2 Å². The van der Waals surface area contributed by atoms with Crippen LogP contribution in [0.1, 0.15) is 11.3 Å². The first-order valence-electron chi connectivity index (χ1n) is 7.56. The Kier molecular flexibility index (Phi) is 3.47. The number of aliphatic hydroxyl groups excluding tert-OH is 1. The monoisotopic (exact) mass is 320 g/mol. The summed E-state index contributed by atoms with van der Waals surface area (Å²) in [7, 11) is 0. The third kappa shape index (κ3) is 2.61. The molecule has 0 radical (unpaired) electrons. The van der Waals surface area contributed by atoms with E-state index in [0.717, 1.165) is 27.8 Å². The number of hydrogen-bond donors (Lipinski definition) is 3. The molecule has 0 aliphatic carbocycles. The maximum absolute atomic E-state index is 9.30. The molecular weight excluding hydrogens is 304 g/mol. The first-order valence-corrected chi connectivity index (χ1v) is 7.56.